The van der Waals surface area contributed by atoms with Crippen molar-refractivity contribution in [3.05, 3.63) is 96.1 Å². The summed E-state index contributed by atoms with van der Waals surface area (Å²) < 4.78 is 16.8. The van der Waals surface area contributed by atoms with Crippen molar-refractivity contribution in [3.63, 3.8) is 0 Å². The lowest BCUT2D eigenvalue weighted by Gasteiger charge is -2.32. The second-order valence-electron chi connectivity index (χ2n) is 9.24. The maximum Gasteiger partial charge on any atom is 0.401 e. The van der Waals surface area contributed by atoms with Crippen LogP contribution in [-0.2, 0) is 30.7 Å². The van der Waals surface area contributed by atoms with Gasteiger partial charge in [-0.3, -0.25) is 4.79 Å². The van der Waals surface area contributed by atoms with Gasteiger partial charge in [0.1, 0.15) is 6.61 Å². The standard InChI is InChI=1S/C28H33NO5Si/c1-28(2,3)23-15-17-25(18-16-23)35(24-13-9-6-10-14-24,34-20-19-26(30)32-4)29-27(31)33-21-22-11-7-5-8-12-22/h5-18H,19-21H2,1-4H3,(H,29,31). The molecular weight excluding hydrogens is 458 g/mol. The van der Waals surface area contributed by atoms with Gasteiger partial charge in [-0.1, -0.05) is 106 Å². The monoisotopic (exact) mass is 491 g/mol. The highest BCUT2D eigenvalue weighted by atomic mass is 28.4. The van der Waals surface area contributed by atoms with Crippen molar-refractivity contribution in [1.82, 2.24) is 4.98 Å². The van der Waals surface area contributed by atoms with Crippen molar-refractivity contribution in [2.75, 3.05) is 13.7 Å². The molecule has 0 saturated heterocycles. The number of ether oxygens (including phenoxy) is 2. The molecule has 0 aliphatic heterocycles. The first-order valence-corrected chi connectivity index (χ1v) is 13.5. The van der Waals surface area contributed by atoms with E-state index in [-0.39, 0.29) is 31.0 Å². The van der Waals surface area contributed by atoms with E-state index in [2.05, 4.69) is 37.9 Å². The van der Waals surface area contributed by atoms with Crippen LogP contribution < -0.4 is 15.4 Å². The van der Waals surface area contributed by atoms with Crippen molar-refractivity contribution in [2.24, 2.45) is 0 Å². The number of carbonyl (C=O) groups is 2. The number of benzene rings is 3. The van der Waals surface area contributed by atoms with Crippen LogP contribution in [0.3, 0.4) is 0 Å². The topological polar surface area (TPSA) is 73.9 Å². The average Bonchev–Trinajstić information content (AvgIpc) is 2.87. The van der Waals surface area contributed by atoms with E-state index in [1.807, 2.05) is 72.8 Å². The molecule has 1 amide bonds. The quantitative estimate of drug-likeness (QED) is 0.361. The summed E-state index contributed by atoms with van der Waals surface area (Å²) in [7, 11) is -2.00. The molecule has 3 aromatic carbocycles. The third-order valence-corrected chi connectivity index (χ3v) is 9.17. The van der Waals surface area contributed by atoms with Crippen LogP contribution in [0.2, 0.25) is 0 Å². The van der Waals surface area contributed by atoms with Crippen LogP contribution in [0.5, 0.6) is 0 Å². The van der Waals surface area contributed by atoms with Crippen molar-refractivity contribution >= 4 is 30.9 Å². The van der Waals surface area contributed by atoms with Crippen LogP contribution in [0.1, 0.15) is 38.3 Å². The largest absolute Gasteiger partial charge is 0.469 e. The highest BCUT2D eigenvalue weighted by Gasteiger charge is 2.43. The number of nitrogens with one attached hydrogen (secondary N) is 1. The smallest absolute Gasteiger partial charge is 0.401 e. The summed E-state index contributed by atoms with van der Waals surface area (Å²) in [6.07, 6.45) is -0.513. The summed E-state index contributed by atoms with van der Waals surface area (Å²) in [5.41, 5.74) is 2.03. The molecule has 3 aromatic rings. The predicted octanol–water partition coefficient (Wildman–Crippen LogP) is 4.05. The first-order valence-electron chi connectivity index (χ1n) is 11.6. The molecule has 0 aliphatic carbocycles. The minimum atomic E-state index is -3.34. The fraction of sp³-hybridized carbons (Fsp3) is 0.286. The molecule has 0 fully saturated rings. The predicted molar refractivity (Wildman–Crippen MR) is 139 cm³/mol. The van der Waals surface area contributed by atoms with E-state index >= 15 is 0 Å². The number of methoxy groups -OCH3 is 1. The number of hydrogen-bond acceptors (Lipinski definition) is 5. The first-order chi connectivity index (χ1) is 16.7. The van der Waals surface area contributed by atoms with Crippen LogP contribution in [-0.4, -0.2) is 34.3 Å². The Hall–Kier alpha value is -3.42. The van der Waals surface area contributed by atoms with E-state index in [9.17, 15) is 9.59 Å². The van der Waals surface area contributed by atoms with Crippen molar-refractivity contribution in [3.8, 4) is 0 Å². The molecule has 184 valence electrons. The van der Waals surface area contributed by atoms with Gasteiger partial charge in [-0.25, -0.2) is 4.79 Å². The minimum absolute atomic E-state index is 0.0245. The lowest BCUT2D eigenvalue weighted by Crippen LogP contribution is -2.72. The third-order valence-electron chi connectivity index (χ3n) is 5.68. The Morgan fingerprint density at radius 2 is 1.40 bits per heavy atom. The molecule has 0 saturated carbocycles. The van der Waals surface area contributed by atoms with Crippen LogP contribution in [0.25, 0.3) is 0 Å². The molecule has 6 nitrogen and oxygen atoms in total. The lowest BCUT2D eigenvalue weighted by molar-refractivity contribution is -0.141. The molecule has 0 bridgehead atoms. The van der Waals surface area contributed by atoms with Crippen LogP contribution in [0, 0.1) is 0 Å². The second-order valence-corrected chi connectivity index (χ2v) is 12.3. The zero-order valence-corrected chi connectivity index (χ0v) is 21.7. The molecule has 1 atom stereocenters. The van der Waals surface area contributed by atoms with Gasteiger partial charge in [0.25, 0.3) is 0 Å². The Labute approximate surface area is 208 Å². The summed E-state index contributed by atoms with van der Waals surface area (Å²) >= 11 is 0. The molecule has 0 aliphatic rings. The first kappa shape index (κ1) is 26.2. The van der Waals surface area contributed by atoms with Gasteiger partial charge in [0.2, 0.25) is 0 Å². The zero-order valence-electron chi connectivity index (χ0n) is 20.7. The molecule has 0 aromatic heterocycles. The van der Waals surface area contributed by atoms with Crippen LogP contribution >= 0.6 is 0 Å². The summed E-state index contributed by atoms with van der Waals surface area (Å²) in [6, 6.07) is 27.2. The van der Waals surface area contributed by atoms with Crippen molar-refractivity contribution in [1.29, 1.82) is 0 Å². The summed E-state index contributed by atoms with van der Waals surface area (Å²) in [6.45, 7) is 6.67. The van der Waals surface area contributed by atoms with E-state index < -0.39 is 14.6 Å². The molecule has 0 heterocycles. The van der Waals surface area contributed by atoms with Gasteiger partial charge in [-0.05, 0) is 26.9 Å². The molecular formula is C28H33NO5Si. The molecule has 3 rings (SSSR count). The Morgan fingerprint density at radius 3 is 1.97 bits per heavy atom. The van der Waals surface area contributed by atoms with E-state index in [4.69, 9.17) is 13.9 Å². The summed E-state index contributed by atoms with van der Waals surface area (Å²) in [5.74, 6) is -0.379. The maximum atomic E-state index is 13.1. The fourth-order valence-electron chi connectivity index (χ4n) is 3.68. The van der Waals surface area contributed by atoms with Crippen LogP contribution in [0.4, 0.5) is 4.79 Å². The maximum absolute atomic E-state index is 13.1. The summed E-state index contributed by atoms with van der Waals surface area (Å²) in [5, 5.41) is 1.68. The molecule has 1 unspecified atom stereocenters. The van der Waals surface area contributed by atoms with Gasteiger partial charge in [-0.2, -0.15) is 0 Å². The number of carbonyl (C=O) groups excluding carboxylic acids is 2. The van der Waals surface area contributed by atoms with Crippen molar-refractivity contribution in [2.45, 2.75) is 39.2 Å². The molecule has 0 spiro atoms. The highest BCUT2D eigenvalue weighted by molar-refractivity contribution is 6.96. The third kappa shape index (κ3) is 7.04. The molecule has 1 N–H and O–H groups in total. The van der Waals surface area contributed by atoms with Gasteiger partial charge >= 0.3 is 20.5 Å². The number of rotatable bonds is 9. The van der Waals surface area contributed by atoms with E-state index in [0.29, 0.717) is 0 Å². The average molecular weight is 492 g/mol. The van der Waals surface area contributed by atoms with Gasteiger partial charge in [0.05, 0.1) is 13.5 Å². The van der Waals surface area contributed by atoms with Gasteiger partial charge < -0.3 is 18.9 Å². The highest BCUT2D eigenvalue weighted by Crippen LogP contribution is 2.21. The SMILES string of the molecule is COC(=O)CCO[Si](NC(=O)OCc1ccccc1)(c1ccccc1)c1ccc(C(C)(C)C)cc1. The lowest BCUT2D eigenvalue weighted by atomic mass is 9.87. The Bertz CT molecular complexity index is 1100. The van der Waals surface area contributed by atoms with Crippen molar-refractivity contribution < 1.29 is 23.5 Å². The number of hydrogen-bond donors (Lipinski definition) is 1. The van der Waals surface area contributed by atoms with Gasteiger partial charge in [0.15, 0.2) is 0 Å². The fourth-order valence-corrected chi connectivity index (χ4v) is 6.78. The van der Waals surface area contributed by atoms with E-state index in [1.54, 1.807) is 0 Å². The number of esters is 1. The Morgan fingerprint density at radius 1 is 0.829 bits per heavy atom. The van der Waals surface area contributed by atoms with E-state index in [0.717, 1.165) is 15.9 Å². The molecule has 0 radical (unpaired) electrons. The Kier molecular flexibility index (Phi) is 8.84. The van der Waals surface area contributed by atoms with Gasteiger partial charge in [-0.15, -0.1) is 0 Å². The van der Waals surface area contributed by atoms with Gasteiger partial charge in [0, 0.05) is 6.61 Å². The minimum Gasteiger partial charge on any atom is -0.469 e. The van der Waals surface area contributed by atoms with Crippen LogP contribution in [0.15, 0.2) is 84.9 Å². The zero-order chi connectivity index (χ0) is 25.3. The normalized spacial score (nSPS) is 12.9. The Balaban J connectivity index is 1.97. The van der Waals surface area contributed by atoms with E-state index in [1.165, 1.54) is 12.7 Å². The molecule has 35 heavy (non-hydrogen) atoms. The second kappa shape index (κ2) is 11.8. The molecule has 7 heteroatoms. The summed E-state index contributed by atoms with van der Waals surface area (Å²) in [4.78, 5) is 28.0. The number of amides is 1.